The number of nitrogens with zero attached hydrogens (tertiary/aromatic N) is 4. The number of carbonyl (C=O) groups is 3. The van der Waals surface area contributed by atoms with Gasteiger partial charge >= 0.3 is 5.97 Å². The fourth-order valence-electron chi connectivity index (χ4n) is 4.95. The van der Waals surface area contributed by atoms with Crippen molar-refractivity contribution in [2.75, 3.05) is 44.5 Å². The number of rotatable bonds is 9. The van der Waals surface area contributed by atoms with Crippen molar-refractivity contribution in [2.24, 2.45) is 4.99 Å². The number of benzene rings is 3. The molecule has 3 aromatic carbocycles. The molecule has 0 aliphatic carbocycles. The maximum Gasteiger partial charge on any atom is 0.337 e. The first-order valence-electron chi connectivity index (χ1n) is 13.2. The Hall–Kier alpha value is -4.41. The Labute approximate surface area is 242 Å². The van der Waals surface area contributed by atoms with Gasteiger partial charge in [-0.1, -0.05) is 12.1 Å². The maximum absolute atomic E-state index is 13.4. The van der Waals surface area contributed by atoms with E-state index in [1.54, 1.807) is 46.9 Å². The molecule has 1 unspecified atom stereocenters. The Morgan fingerprint density at radius 2 is 1.78 bits per heavy atom. The summed E-state index contributed by atoms with van der Waals surface area (Å²) in [6, 6.07) is 18.4. The minimum atomic E-state index is -0.702. The SMILES string of the molecule is COC(=O)c1ccc2c(c1)NC(=O)C2C(=Nc1ccc(N(CCCN(C)C)C(C)=O)cc1)c1ccc2scnc2c1. The Balaban J connectivity index is 1.54. The number of aromatic nitrogens is 1. The molecule has 1 aliphatic heterocycles. The number of aliphatic imine (C=N–C) groups is 1. The first-order valence-corrected chi connectivity index (χ1v) is 14.1. The van der Waals surface area contributed by atoms with Crippen molar-refractivity contribution in [3.63, 3.8) is 0 Å². The van der Waals surface area contributed by atoms with Gasteiger partial charge in [0.2, 0.25) is 11.8 Å². The molecule has 1 aromatic heterocycles. The van der Waals surface area contributed by atoms with E-state index < -0.39 is 11.9 Å². The third-order valence-electron chi connectivity index (χ3n) is 6.98. The lowest BCUT2D eigenvalue weighted by Crippen LogP contribution is -2.31. The summed E-state index contributed by atoms with van der Waals surface area (Å²) in [5.74, 6) is -1.44. The molecular weight excluding hydrogens is 538 g/mol. The summed E-state index contributed by atoms with van der Waals surface area (Å²) < 4.78 is 5.88. The van der Waals surface area contributed by atoms with Crippen molar-refractivity contribution in [1.29, 1.82) is 0 Å². The predicted octanol–water partition coefficient (Wildman–Crippen LogP) is 5.24. The Morgan fingerprint density at radius 1 is 1.02 bits per heavy atom. The first-order chi connectivity index (χ1) is 19.7. The predicted molar refractivity (Wildman–Crippen MR) is 163 cm³/mol. The van der Waals surface area contributed by atoms with Gasteiger partial charge in [-0.15, -0.1) is 11.3 Å². The fourth-order valence-corrected chi connectivity index (χ4v) is 5.61. The standard InChI is InChI=1S/C31H31N5O4S/c1-19(37)36(15-5-14-35(2)3)23-10-8-22(9-11-23)33-29(20-7-13-27-26(16-20)32-18-41-27)28-24-12-6-21(31(39)40-4)17-25(24)34-30(28)38/h6-13,16-18,28H,5,14-15H2,1-4H3,(H,34,38). The second-order valence-corrected chi connectivity index (χ2v) is 11.0. The summed E-state index contributed by atoms with van der Waals surface area (Å²) in [6.07, 6.45) is 0.851. The van der Waals surface area contributed by atoms with Gasteiger partial charge in [0.15, 0.2) is 0 Å². The topological polar surface area (TPSA) is 104 Å². The van der Waals surface area contributed by atoms with Crippen molar-refractivity contribution >= 4 is 62.1 Å². The van der Waals surface area contributed by atoms with Crippen LogP contribution in [0.1, 0.15) is 40.7 Å². The molecule has 0 bridgehead atoms. The van der Waals surface area contributed by atoms with Crippen LogP contribution in [0.4, 0.5) is 17.1 Å². The lowest BCUT2D eigenvalue weighted by molar-refractivity contribution is -0.117. The number of hydrogen-bond acceptors (Lipinski definition) is 8. The second kappa shape index (κ2) is 12.0. The van der Waals surface area contributed by atoms with Gasteiger partial charge in [0.05, 0.1) is 39.8 Å². The zero-order chi connectivity index (χ0) is 29.1. The molecule has 4 aromatic rings. The minimum absolute atomic E-state index is 0.0252. The minimum Gasteiger partial charge on any atom is -0.465 e. The van der Waals surface area contributed by atoms with E-state index in [1.165, 1.54) is 7.11 Å². The average Bonchev–Trinajstić information content (AvgIpc) is 3.56. The molecule has 1 N–H and O–H groups in total. The zero-order valence-electron chi connectivity index (χ0n) is 23.4. The number of thiazole rings is 1. The number of hydrogen-bond donors (Lipinski definition) is 1. The Morgan fingerprint density at radius 3 is 2.49 bits per heavy atom. The number of fused-ring (bicyclic) bond motifs is 2. The molecule has 2 amide bonds. The quantitative estimate of drug-likeness (QED) is 0.218. The summed E-state index contributed by atoms with van der Waals surface area (Å²) in [7, 11) is 5.34. The highest BCUT2D eigenvalue weighted by Crippen LogP contribution is 2.38. The molecule has 0 fully saturated rings. The van der Waals surface area contributed by atoms with Crippen LogP contribution in [0.25, 0.3) is 10.2 Å². The summed E-state index contributed by atoms with van der Waals surface area (Å²) in [6.45, 7) is 3.06. The monoisotopic (exact) mass is 569 g/mol. The van der Waals surface area contributed by atoms with E-state index in [2.05, 4.69) is 15.2 Å². The van der Waals surface area contributed by atoms with Crippen LogP contribution in [0.15, 0.2) is 71.2 Å². The molecule has 0 radical (unpaired) electrons. The van der Waals surface area contributed by atoms with Crippen LogP contribution in [0, 0.1) is 0 Å². The lowest BCUT2D eigenvalue weighted by atomic mass is 9.90. The molecule has 9 nitrogen and oxygen atoms in total. The second-order valence-electron chi connectivity index (χ2n) is 10.1. The summed E-state index contributed by atoms with van der Waals surface area (Å²) in [4.78, 5) is 51.1. The van der Waals surface area contributed by atoms with Crippen LogP contribution in [0.5, 0.6) is 0 Å². The van der Waals surface area contributed by atoms with E-state index in [1.807, 2.05) is 56.6 Å². The van der Waals surface area contributed by atoms with Gasteiger partial charge in [-0.3, -0.25) is 14.6 Å². The zero-order valence-corrected chi connectivity index (χ0v) is 24.2. The largest absolute Gasteiger partial charge is 0.465 e. The number of ether oxygens (including phenoxy) is 1. The normalized spacial score (nSPS) is 14.7. The van der Waals surface area contributed by atoms with Crippen molar-refractivity contribution in [1.82, 2.24) is 9.88 Å². The number of anilines is 2. The number of esters is 1. The fraction of sp³-hybridized carbons (Fsp3) is 0.258. The third-order valence-corrected chi connectivity index (χ3v) is 7.79. The van der Waals surface area contributed by atoms with Gasteiger partial charge in [-0.05, 0) is 86.7 Å². The van der Waals surface area contributed by atoms with Gasteiger partial charge in [-0.2, -0.15) is 0 Å². The van der Waals surface area contributed by atoms with Gasteiger partial charge in [-0.25, -0.2) is 9.78 Å². The van der Waals surface area contributed by atoms with E-state index >= 15 is 0 Å². The van der Waals surface area contributed by atoms with Crippen LogP contribution < -0.4 is 10.2 Å². The summed E-state index contributed by atoms with van der Waals surface area (Å²) in [5.41, 5.74) is 7.00. The van der Waals surface area contributed by atoms with Crippen LogP contribution in [-0.2, 0) is 14.3 Å². The highest BCUT2D eigenvalue weighted by atomic mass is 32.1. The smallest absolute Gasteiger partial charge is 0.337 e. The molecule has 210 valence electrons. The number of amides is 2. The molecular formula is C31H31N5O4S. The van der Waals surface area contributed by atoms with E-state index in [-0.39, 0.29) is 11.8 Å². The molecule has 2 heterocycles. The molecule has 1 atom stereocenters. The summed E-state index contributed by atoms with van der Waals surface area (Å²) in [5, 5.41) is 2.91. The van der Waals surface area contributed by atoms with Crippen molar-refractivity contribution in [3.8, 4) is 0 Å². The first kappa shape index (κ1) is 28.1. The van der Waals surface area contributed by atoms with Crippen molar-refractivity contribution in [3.05, 3.63) is 82.9 Å². The van der Waals surface area contributed by atoms with E-state index in [4.69, 9.17) is 9.73 Å². The van der Waals surface area contributed by atoms with Crippen LogP contribution in [0.3, 0.4) is 0 Å². The van der Waals surface area contributed by atoms with Gasteiger partial charge in [0.25, 0.3) is 0 Å². The summed E-state index contributed by atoms with van der Waals surface area (Å²) >= 11 is 1.54. The number of nitrogens with one attached hydrogen (secondary N) is 1. The molecule has 0 saturated heterocycles. The average molecular weight is 570 g/mol. The molecule has 5 rings (SSSR count). The molecule has 1 aliphatic rings. The highest BCUT2D eigenvalue weighted by molar-refractivity contribution is 7.16. The van der Waals surface area contributed by atoms with Gasteiger partial charge < -0.3 is 19.9 Å². The Kier molecular flexibility index (Phi) is 8.23. The van der Waals surface area contributed by atoms with E-state index in [9.17, 15) is 14.4 Å². The van der Waals surface area contributed by atoms with Crippen LogP contribution in [-0.4, -0.2) is 67.7 Å². The van der Waals surface area contributed by atoms with E-state index in [0.29, 0.717) is 29.2 Å². The third kappa shape index (κ3) is 6.03. The molecule has 0 spiro atoms. The van der Waals surface area contributed by atoms with Gasteiger partial charge in [0.1, 0.15) is 5.92 Å². The van der Waals surface area contributed by atoms with Crippen LogP contribution in [0.2, 0.25) is 0 Å². The number of methoxy groups -OCH3 is 1. The maximum atomic E-state index is 13.4. The molecule has 41 heavy (non-hydrogen) atoms. The van der Waals surface area contributed by atoms with Crippen LogP contribution >= 0.6 is 11.3 Å². The Bertz CT molecular complexity index is 1640. The highest BCUT2D eigenvalue weighted by Gasteiger charge is 2.36. The van der Waals surface area contributed by atoms with E-state index in [0.717, 1.165) is 40.0 Å². The van der Waals surface area contributed by atoms with Crippen molar-refractivity contribution in [2.45, 2.75) is 19.3 Å². The van der Waals surface area contributed by atoms with Crippen molar-refractivity contribution < 1.29 is 19.1 Å². The van der Waals surface area contributed by atoms with Gasteiger partial charge in [0, 0.05) is 24.8 Å². The number of carbonyl (C=O) groups excluding carboxylic acids is 3. The molecule has 10 heteroatoms. The lowest BCUT2D eigenvalue weighted by Gasteiger charge is -2.22. The molecule has 0 saturated carbocycles.